The molecule has 1 fully saturated rings. The minimum Gasteiger partial charge on any atom is -0.319 e. The van der Waals surface area contributed by atoms with Gasteiger partial charge in [0.2, 0.25) is 0 Å². The summed E-state index contributed by atoms with van der Waals surface area (Å²) < 4.78 is 26.6. The molecule has 1 saturated heterocycles. The summed E-state index contributed by atoms with van der Waals surface area (Å²) in [5.74, 6) is -0.335. The molecule has 1 aromatic carbocycles. The SMILES string of the molecule is CNCC1CCN(C(C)c2ccc(F)cc2F)C1.Cl. The van der Waals surface area contributed by atoms with E-state index in [1.54, 1.807) is 6.07 Å². The summed E-state index contributed by atoms with van der Waals surface area (Å²) in [6.45, 7) is 4.93. The van der Waals surface area contributed by atoms with E-state index >= 15 is 0 Å². The van der Waals surface area contributed by atoms with E-state index < -0.39 is 11.6 Å². The van der Waals surface area contributed by atoms with Gasteiger partial charge in [0, 0.05) is 24.2 Å². The van der Waals surface area contributed by atoms with Gasteiger partial charge in [0.1, 0.15) is 11.6 Å². The lowest BCUT2D eigenvalue weighted by Crippen LogP contribution is -2.27. The molecular weight excluding hydrogens is 270 g/mol. The zero-order chi connectivity index (χ0) is 13.1. The lowest BCUT2D eigenvalue weighted by molar-refractivity contribution is 0.247. The molecule has 0 aliphatic carbocycles. The maximum absolute atomic E-state index is 13.7. The van der Waals surface area contributed by atoms with Crippen molar-refractivity contribution >= 4 is 12.4 Å². The molecule has 108 valence electrons. The molecule has 0 aromatic heterocycles. The van der Waals surface area contributed by atoms with Crippen LogP contribution in [-0.4, -0.2) is 31.6 Å². The maximum atomic E-state index is 13.7. The number of hydrogen-bond acceptors (Lipinski definition) is 2. The van der Waals surface area contributed by atoms with Gasteiger partial charge < -0.3 is 5.32 Å². The molecule has 0 amide bonds. The van der Waals surface area contributed by atoms with Crippen molar-refractivity contribution in [3.8, 4) is 0 Å². The van der Waals surface area contributed by atoms with Crippen LogP contribution in [0.4, 0.5) is 8.78 Å². The molecule has 2 nitrogen and oxygen atoms in total. The van der Waals surface area contributed by atoms with E-state index in [-0.39, 0.29) is 18.4 Å². The lowest BCUT2D eigenvalue weighted by Gasteiger charge is -2.25. The van der Waals surface area contributed by atoms with Crippen molar-refractivity contribution in [2.24, 2.45) is 5.92 Å². The van der Waals surface area contributed by atoms with Crippen LogP contribution >= 0.6 is 12.4 Å². The molecule has 2 atom stereocenters. The second-order valence-corrected chi connectivity index (χ2v) is 5.05. The summed E-state index contributed by atoms with van der Waals surface area (Å²) in [5.41, 5.74) is 0.585. The average Bonchev–Trinajstić information content (AvgIpc) is 2.77. The topological polar surface area (TPSA) is 15.3 Å². The molecule has 0 bridgehead atoms. The first-order chi connectivity index (χ1) is 8.61. The van der Waals surface area contributed by atoms with Crippen molar-refractivity contribution in [3.05, 3.63) is 35.4 Å². The van der Waals surface area contributed by atoms with Crippen molar-refractivity contribution in [1.29, 1.82) is 0 Å². The molecular formula is C14H21ClF2N2. The van der Waals surface area contributed by atoms with E-state index in [1.165, 1.54) is 6.07 Å². The highest BCUT2D eigenvalue weighted by Crippen LogP contribution is 2.28. The Labute approximate surface area is 119 Å². The Morgan fingerprint density at radius 2 is 2.16 bits per heavy atom. The van der Waals surface area contributed by atoms with Crippen LogP contribution in [0.15, 0.2) is 18.2 Å². The predicted octanol–water partition coefficient (Wildman–Crippen LogP) is 2.99. The smallest absolute Gasteiger partial charge is 0.130 e. The fourth-order valence-corrected chi connectivity index (χ4v) is 2.71. The van der Waals surface area contributed by atoms with E-state index in [0.717, 1.165) is 32.1 Å². The second kappa shape index (κ2) is 7.17. The van der Waals surface area contributed by atoms with Crippen molar-refractivity contribution < 1.29 is 8.78 Å². The zero-order valence-corrected chi connectivity index (χ0v) is 12.1. The number of halogens is 3. The molecule has 1 aromatic rings. The van der Waals surface area contributed by atoms with Gasteiger partial charge in [0.25, 0.3) is 0 Å². The fraction of sp³-hybridized carbons (Fsp3) is 0.571. The third kappa shape index (κ3) is 3.88. The molecule has 2 unspecified atom stereocenters. The Morgan fingerprint density at radius 3 is 2.79 bits per heavy atom. The molecule has 2 rings (SSSR count). The predicted molar refractivity (Wildman–Crippen MR) is 75.6 cm³/mol. The van der Waals surface area contributed by atoms with Crippen LogP contribution in [0, 0.1) is 17.6 Å². The normalized spacial score (nSPS) is 21.2. The van der Waals surface area contributed by atoms with Gasteiger partial charge in [0.15, 0.2) is 0 Å². The highest BCUT2D eigenvalue weighted by atomic mass is 35.5. The third-order valence-corrected chi connectivity index (χ3v) is 3.77. The summed E-state index contributed by atoms with van der Waals surface area (Å²) in [4.78, 5) is 2.26. The van der Waals surface area contributed by atoms with Gasteiger partial charge in [-0.1, -0.05) is 6.07 Å². The molecule has 1 aliphatic heterocycles. The summed E-state index contributed by atoms with van der Waals surface area (Å²) >= 11 is 0. The van der Waals surface area contributed by atoms with E-state index in [0.29, 0.717) is 11.5 Å². The van der Waals surface area contributed by atoms with Gasteiger partial charge >= 0.3 is 0 Å². The number of rotatable bonds is 4. The summed E-state index contributed by atoms with van der Waals surface area (Å²) in [6.07, 6.45) is 1.13. The van der Waals surface area contributed by atoms with Crippen LogP contribution in [0.3, 0.4) is 0 Å². The van der Waals surface area contributed by atoms with E-state index in [9.17, 15) is 8.78 Å². The van der Waals surface area contributed by atoms with E-state index in [2.05, 4.69) is 10.2 Å². The first kappa shape index (κ1) is 16.3. The van der Waals surface area contributed by atoms with Crippen LogP contribution in [0.1, 0.15) is 24.9 Å². The Bertz CT molecular complexity index is 414. The number of nitrogens with zero attached hydrogens (tertiary/aromatic N) is 1. The van der Waals surface area contributed by atoms with Gasteiger partial charge in [-0.3, -0.25) is 4.90 Å². The molecule has 1 heterocycles. The Hall–Kier alpha value is -0.710. The minimum atomic E-state index is -0.516. The van der Waals surface area contributed by atoms with Gasteiger partial charge in [-0.15, -0.1) is 12.4 Å². The van der Waals surface area contributed by atoms with Crippen molar-refractivity contribution in [2.45, 2.75) is 19.4 Å². The van der Waals surface area contributed by atoms with Crippen molar-refractivity contribution in [2.75, 3.05) is 26.7 Å². The summed E-state index contributed by atoms with van der Waals surface area (Å²) in [5, 5.41) is 3.18. The molecule has 1 N–H and O–H groups in total. The first-order valence-electron chi connectivity index (χ1n) is 6.45. The maximum Gasteiger partial charge on any atom is 0.130 e. The van der Waals surface area contributed by atoms with Crippen molar-refractivity contribution in [1.82, 2.24) is 10.2 Å². The number of likely N-dealkylation sites (tertiary alicyclic amines) is 1. The molecule has 0 spiro atoms. The Morgan fingerprint density at radius 1 is 1.42 bits per heavy atom. The van der Waals surface area contributed by atoms with E-state index in [4.69, 9.17) is 0 Å². The summed E-state index contributed by atoms with van der Waals surface area (Å²) in [7, 11) is 1.95. The number of benzene rings is 1. The molecule has 1 aliphatic rings. The van der Waals surface area contributed by atoms with Gasteiger partial charge in [0.05, 0.1) is 0 Å². The lowest BCUT2D eigenvalue weighted by atomic mass is 10.1. The van der Waals surface area contributed by atoms with Crippen LogP contribution in [-0.2, 0) is 0 Å². The Balaban J connectivity index is 0.00000180. The zero-order valence-electron chi connectivity index (χ0n) is 11.3. The van der Waals surface area contributed by atoms with Gasteiger partial charge in [-0.05, 0) is 45.5 Å². The molecule has 0 radical (unpaired) electrons. The standard InChI is InChI=1S/C14H20F2N2.ClH/c1-10(13-4-3-12(15)7-14(13)16)18-6-5-11(9-18)8-17-2;/h3-4,7,10-11,17H,5-6,8-9H2,1-2H3;1H. The van der Waals surface area contributed by atoms with Crippen LogP contribution in [0.5, 0.6) is 0 Å². The van der Waals surface area contributed by atoms with Gasteiger partial charge in [-0.25, -0.2) is 8.78 Å². The van der Waals surface area contributed by atoms with E-state index in [1.807, 2.05) is 14.0 Å². The number of hydrogen-bond donors (Lipinski definition) is 1. The third-order valence-electron chi connectivity index (χ3n) is 3.77. The average molecular weight is 291 g/mol. The van der Waals surface area contributed by atoms with Crippen LogP contribution in [0.25, 0.3) is 0 Å². The monoisotopic (exact) mass is 290 g/mol. The fourth-order valence-electron chi connectivity index (χ4n) is 2.71. The largest absolute Gasteiger partial charge is 0.319 e. The summed E-state index contributed by atoms with van der Waals surface area (Å²) in [6, 6.07) is 3.86. The highest BCUT2D eigenvalue weighted by molar-refractivity contribution is 5.85. The highest BCUT2D eigenvalue weighted by Gasteiger charge is 2.27. The van der Waals surface area contributed by atoms with Crippen LogP contribution in [0.2, 0.25) is 0 Å². The molecule has 5 heteroatoms. The molecule has 0 saturated carbocycles. The van der Waals surface area contributed by atoms with Gasteiger partial charge in [-0.2, -0.15) is 0 Å². The molecule has 19 heavy (non-hydrogen) atoms. The minimum absolute atomic E-state index is 0. The first-order valence-corrected chi connectivity index (χ1v) is 6.45. The van der Waals surface area contributed by atoms with Crippen molar-refractivity contribution in [3.63, 3.8) is 0 Å². The second-order valence-electron chi connectivity index (χ2n) is 5.05. The quantitative estimate of drug-likeness (QED) is 0.917. The number of nitrogens with one attached hydrogen (secondary N) is 1. The van der Waals surface area contributed by atoms with Crippen LogP contribution < -0.4 is 5.32 Å². The Kier molecular flexibility index (Phi) is 6.17.